The summed E-state index contributed by atoms with van der Waals surface area (Å²) in [6.45, 7) is 1.71. The summed E-state index contributed by atoms with van der Waals surface area (Å²) >= 11 is 0. The summed E-state index contributed by atoms with van der Waals surface area (Å²) in [5.74, 6) is -1.06. The van der Waals surface area contributed by atoms with Gasteiger partial charge in [0.1, 0.15) is 5.82 Å². The molecule has 3 nitrogen and oxygen atoms in total. The second-order valence-electron chi connectivity index (χ2n) is 4.34. The molecule has 100 valence electrons. The highest BCUT2D eigenvalue weighted by Gasteiger charge is 2.19. The molecule has 0 bridgehead atoms. The molecule has 0 saturated heterocycles. The number of sulfone groups is 1. The maximum Gasteiger partial charge on any atom is 0.182 e. The highest BCUT2D eigenvalue weighted by Crippen LogP contribution is 2.23. The van der Waals surface area contributed by atoms with Gasteiger partial charge in [-0.25, -0.2) is 12.8 Å². The van der Waals surface area contributed by atoms with E-state index in [2.05, 4.69) is 0 Å². The van der Waals surface area contributed by atoms with E-state index in [9.17, 15) is 12.8 Å². The number of aryl methyl sites for hydroxylation is 1. The highest BCUT2D eigenvalue weighted by molar-refractivity contribution is 7.90. The van der Waals surface area contributed by atoms with Crippen LogP contribution < -0.4 is 5.73 Å². The van der Waals surface area contributed by atoms with E-state index in [0.717, 1.165) is 0 Å². The standard InChI is InChI=1S/C14H14FNO2S/c1-10-5-2-3-8-13(10)19(17,18)9-11-6-4-7-12(16)14(11)15/h2-8H,9,16H2,1H3. The molecule has 0 heterocycles. The Labute approximate surface area is 111 Å². The van der Waals surface area contributed by atoms with E-state index in [1.165, 1.54) is 18.2 Å². The summed E-state index contributed by atoms with van der Waals surface area (Å²) in [5, 5.41) is 0. The molecule has 0 aromatic heterocycles. The average molecular weight is 279 g/mol. The van der Waals surface area contributed by atoms with E-state index in [1.54, 1.807) is 31.2 Å². The summed E-state index contributed by atoms with van der Waals surface area (Å²) in [7, 11) is -3.58. The van der Waals surface area contributed by atoms with Gasteiger partial charge in [-0.1, -0.05) is 30.3 Å². The molecule has 0 spiro atoms. The van der Waals surface area contributed by atoms with Crippen LogP contribution >= 0.6 is 0 Å². The lowest BCUT2D eigenvalue weighted by Gasteiger charge is -2.09. The Balaban J connectivity index is 2.43. The molecule has 0 unspecified atom stereocenters. The molecule has 0 aliphatic rings. The quantitative estimate of drug-likeness (QED) is 0.879. The lowest BCUT2D eigenvalue weighted by molar-refractivity contribution is 0.587. The zero-order valence-corrected chi connectivity index (χ0v) is 11.2. The third-order valence-corrected chi connectivity index (χ3v) is 4.70. The van der Waals surface area contributed by atoms with E-state index in [4.69, 9.17) is 5.73 Å². The minimum atomic E-state index is -3.58. The third kappa shape index (κ3) is 2.76. The van der Waals surface area contributed by atoms with Crippen LogP contribution in [-0.4, -0.2) is 8.42 Å². The van der Waals surface area contributed by atoms with Gasteiger partial charge in [0.15, 0.2) is 9.84 Å². The molecule has 19 heavy (non-hydrogen) atoms. The van der Waals surface area contributed by atoms with Gasteiger partial charge >= 0.3 is 0 Å². The molecule has 5 heteroatoms. The van der Waals surface area contributed by atoms with Crippen LogP contribution in [-0.2, 0) is 15.6 Å². The first-order valence-corrected chi connectivity index (χ1v) is 7.38. The molecule has 0 saturated carbocycles. The topological polar surface area (TPSA) is 60.2 Å². The number of halogens is 1. The second kappa shape index (κ2) is 5.01. The second-order valence-corrected chi connectivity index (χ2v) is 6.30. The third-order valence-electron chi connectivity index (χ3n) is 2.88. The summed E-state index contributed by atoms with van der Waals surface area (Å²) in [6, 6.07) is 11.0. The number of rotatable bonds is 3. The first-order chi connectivity index (χ1) is 8.92. The number of nitrogens with two attached hydrogens (primary N) is 1. The Morgan fingerprint density at radius 2 is 1.79 bits per heavy atom. The van der Waals surface area contributed by atoms with Crippen molar-refractivity contribution in [3.63, 3.8) is 0 Å². The molecule has 2 aromatic rings. The summed E-state index contributed by atoms with van der Waals surface area (Å²) < 4.78 is 38.3. The molecule has 2 N–H and O–H groups in total. The predicted octanol–water partition coefficient (Wildman–Crippen LogP) is 2.69. The molecule has 2 rings (SSSR count). The van der Waals surface area contributed by atoms with Crippen molar-refractivity contribution < 1.29 is 12.8 Å². The SMILES string of the molecule is Cc1ccccc1S(=O)(=O)Cc1cccc(N)c1F. The molecule has 0 aliphatic carbocycles. The molecule has 0 atom stereocenters. The van der Waals surface area contributed by atoms with Crippen LogP contribution in [0.15, 0.2) is 47.4 Å². The van der Waals surface area contributed by atoms with Crippen molar-refractivity contribution >= 4 is 15.5 Å². The zero-order valence-electron chi connectivity index (χ0n) is 10.4. The number of nitrogen functional groups attached to an aromatic ring is 1. The van der Waals surface area contributed by atoms with Gasteiger partial charge in [0.25, 0.3) is 0 Å². The fourth-order valence-electron chi connectivity index (χ4n) is 1.90. The van der Waals surface area contributed by atoms with Gasteiger partial charge in [-0.3, -0.25) is 0 Å². The Morgan fingerprint density at radius 1 is 1.11 bits per heavy atom. The fraction of sp³-hybridized carbons (Fsp3) is 0.143. The van der Waals surface area contributed by atoms with Crippen molar-refractivity contribution in [1.82, 2.24) is 0 Å². The fourth-order valence-corrected chi connectivity index (χ4v) is 3.53. The maximum absolute atomic E-state index is 13.8. The molecule has 0 radical (unpaired) electrons. The zero-order chi connectivity index (χ0) is 14.0. The van der Waals surface area contributed by atoms with E-state index in [0.29, 0.717) is 5.56 Å². The van der Waals surface area contributed by atoms with Gasteiger partial charge in [0.05, 0.1) is 16.3 Å². The van der Waals surface area contributed by atoms with Crippen molar-refractivity contribution in [2.24, 2.45) is 0 Å². The van der Waals surface area contributed by atoms with Crippen LogP contribution in [0.2, 0.25) is 0 Å². The highest BCUT2D eigenvalue weighted by atomic mass is 32.2. The van der Waals surface area contributed by atoms with E-state index in [1.807, 2.05) is 0 Å². The normalized spacial score (nSPS) is 11.5. The van der Waals surface area contributed by atoms with Crippen molar-refractivity contribution in [1.29, 1.82) is 0 Å². The number of benzene rings is 2. The van der Waals surface area contributed by atoms with Crippen LogP contribution in [0.4, 0.5) is 10.1 Å². The van der Waals surface area contributed by atoms with Gasteiger partial charge in [-0.05, 0) is 24.6 Å². The van der Waals surface area contributed by atoms with Gasteiger partial charge in [-0.15, -0.1) is 0 Å². The summed E-state index contributed by atoms with van der Waals surface area (Å²) in [4.78, 5) is 0.219. The van der Waals surface area contributed by atoms with Crippen LogP contribution in [0.3, 0.4) is 0 Å². The lowest BCUT2D eigenvalue weighted by Crippen LogP contribution is -2.09. The monoisotopic (exact) mass is 279 g/mol. The molecular formula is C14H14FNO2S. The Kier molecular flexibility index (Phi) is 3.57. The van der Waals surface area contributed by atoms with E-state index >= 15 is 0 Å². The first-order valence-electron chi connectivity index (χ1n) is 5.73. The maximum atomic E-state index is 13.8. The van der Waals surface area contributed by atoms with Gasteiger partial charge in [0.2, 0.25) is 0 Å². The Hall–Kier alpha value is -1.88. The van der Waals surface area contributed by atoms with Gasteiger partial charge in [0, 0.05) is 5.56 Å². The number of hydrogen-bond donors (Lipinski definition) is 1. The van der Waals surface area contributed by atoms with Crippen LogP contribution in [0.1, 0.15) is 11.1 Å². The minimum Gasteiger partial charge on any atom is -0.396 e. The molecule has 0 fully saturated rings. The van der Waals surface area contributed by atoms with Crippen molar-refractivity contribution in [2.45, 2.75) is 17.6 Å². The van der Waals surface area contributed by atoms with Crippen molar-refractivity contribution in [2.75, 3.05) is 5.73 Å². The molecule has 0 amide bonds. The number of hydrogen-bond acceptors (Lipinski definition) is 3. The molecular weight excluding hydrogens is 265 g/mol. The summed E-state index contributed by atoms with van der Waals surface area (Å²) in [5.41, 5.74) is 6.13. The largest absolute Gasteiger partial charge is 0.396 e. The van der Waals surface area contributed by atoms with E-state index in [-0.39, 0.29) is 16.1 Å². The van der Waals surface area contributed by atoms with Crippen LogP contribution in [0, 0.1) is 12.7 Å². The van der Waals surface area contributed by atoms with Gasteiger partial charge in [-0.2, -0.15) is 0 Å². The Bertz CT molecular complexity index is 711. The average Bonchev–Trinajstić information content (AvgIpc) is 2.35. The number of anilines is 1. The van der Waals surface area contributed by atoms with E-state index < -0.39 is 21.4 Å². The van der Waals surface area contributed by atoms with Crippen molar-refractivity contribution in [3.8, 4) is 0 Å². The predicted molar refractivity (Wildman–Crippen MR) is 72.9 cm³/mol. The first kappa shape index (κ1) is 13.5. The summed E-state index contributed by atoms with van der Waals surface area (Å²) in [6.07, 6.45) is 0. The molecule has 0 aliphatic heterocycles. The molecule has 2 aromatic carbocycles. The van der Waals surface area contributed by atoms with Crippen molar-refractivity contribution in [3.05, 3.63) is 59.4 Å². The lowest BCUT2D eigenvalue weighted by atomic mass is 10.2. The Morgan fingerprint density at radius 3 is 2.47 bits per heavy atom. The van der Waals surface area contributed by atoms with Crippen LogP contribution in [0.25, 0.3) is 0 Å². The van der Waals surface area contributed by atoms with Crippen LogP contribution in [0.5, 0.6) is 0 Å². The smallest absolute Gasteiger partial charge is 0.182 e. The minimum absolute atomic E-state index is 0.0440. The van der Waals surface area contributed by atoms with Gasteiger partial charge < -0.3 is 5.73 Å².